The van der Waals surface area contributed by atoms with Crippen LogP contribution in [0.5, 0.6) is 0 Å². The Labute approximate surface area is 106 Å². The molecule has 1 aromatic carbocycles. The molecule has 0 aliphatic carbocycles. The van der Waals surface area contributed by atoms with Crippen LogP contribution < -0.4 is 11.5 Å². The van der Waals surface area contributed by atoms with Gasteiger partial charge in [-0.1, -0.05) is 30.3 Å². The third-order valence-corrected chi connectivity index (χ3v) is 2.74. The average molecular weight is 250 g/mol. The molecule has 5 nitrogen and oxygen atoms in total. The SMILES string of the molecule is N[C@H](CCC[C@H](N)C(=O)c1ccccc1)C(=O)O. The number of Topliss-reactive ketones (excluding diaryl/α,β-unsaturated/α-hetero) is 1. The molecule has 0 aromatic heterocycles. The molecule has 0 bridgehead atoms. The van der Waals surface area contributed by atoms with Crippen LogP contribution in [0.1, 0.15) is 29.6 Å². The number of nitrogens with two attached hydrogens (primary N) is 2. The maximum atomic E-state index is 11.9. The van der Waals surface area contributed by atoms with E-state index in [1.54, 1.807) is 24.3 Å². The van der Waals surface area contributed by atoms with E-state index in [4.69, 9.17) is 16.6 Å². The zero-order valence-corrected chi connectivity index (χ0v) is 10.1. The maximum absolute atomic E-state index is 11.9. The van der Waals surface area contributed by atoms with E-state index < -0.39 is 18.1 Å². The van der Waals surface area contributed by atoms with Crippen molar-refractivity contribution in [3.63, 3.8) is 0 Å². The summed E-state index contributed by atoms with van der Waals surface area (Å²) in [6, 6.07) is 7.32. The fraction of sp³-hybridized carbons (Fsp3) is 0.385. The van der Waals surface area contributed by atoms with Gasteiger partial charge in [0.1, 0.15) is 6.04 Å². The van der Waals surface area contributed by atoms with Crippen LogP contribution in [-0.2, 0) is 4.79 Å². The summed E-state index contributed by atoms with van der Waals surface area (Å²) in [5.41, 5.74) is 11.7. The maximum Gasteiger partial charge on any atom is 0.320 e. The van der Waals surface area contributed by atoms with Crippen molar-refractivity contribution < 1.29 is 14.7 Å². The Kier molecular flexibility index (Phi) is 5.48. The second-order valence-corrected chi connectivity index (χ2v) is 4.21. The first-order valence-electron chi connectivity index (χ1n) is 5.85. The monoisotopic (exact) mass is 250 g/mol. The summed E-state index contributed by atoms with van der Waals surface area (Å²) in [7, 11) is 0. The summed E-state index contributed by atoms with van der Waals surface area (Å²) >= 11 is 0. The second-order valence-electron chi connectivity index (χ2n) is 4.21. The lowest BCUT2D eigenvalue weighted by atomic mass is 9.99. The summed E-state index contributed by atoms with van der Waals surface area (Å²) in [6.07, 6.45) is 1.28. The van der Waals surface area contributed by atoms with Crippen molar-refractivity contribution >= 4 is 11.8 Å². The molecule has 0 heterocycles. The van der Waals surface area contributed by atoms with Gasteiger partial charge in [0.2, 0.25) is 0 Å². The van der Waals surface area contributed by atoms with Gasteiger partial charge in [-0.25, -0.2) is 0 Å². The van der Waals surface area contributed by atoms with Crippen LogP contribution >= 0.6 is 0 Å². The highest BCUT2D eigenvalue weighted by Gasteiger charge is 2.17. The lowest BCUT2D eigenvalue weighted by molar-refractivity contribution is -0.138. The van der Waals surface area contributed by atoms with E-state index in [9.17, 15) is 9.59 Å². The fourth-order valence-electron chi connectivity index (χ4n) is 1.63. The molecule has 5 N–H and O–H groups in total. The predicted octanol–water partition coefficient (Wildman–Crippen LogP) is 0.779. The summed E-state index contributed by atoms with van der Waals surface area (Å²) in [5.74, 6) is -1.16. The van der Waals surface area contributed by atoms with Crippen LogP contribution in [0.3, 0.4) is 0 Å². The van der Waals surface area contributed by atoms with E-state index in [0.717, 1.165) is 0 Å². The molecule has 5 heteroatoms. The normalized spacial score (nSPS) is 13.9. The molecule has 18 heavy (non-hydrogen) atoms. The van der Waals surface area contributed by atoms with Gasteiger partial charge < -0.3 is 16.6 Å². The first-order valence-corrected chi connectivity index (χ1v) is 5.85. The minimum atomic E-state index is -1.03. The van der Waals surface area contributed by atoms with Gasteiger partial charge in [-0.3, -0.25) is 9.59 Å². The molecule has 0 saturated heterocycles. The van der Waals surface area contributed by atoms with Gasteiger partial charge in [0.05, 0.1) is 6.04 Å². The van der Waals surface area contributed by atoms with Gasteiger partial charge in [0.25, 0.3) is 0 Å². The quantitative estimate of drug-likeness (QED) is 0.620. The van der Waals surface area contributed by atoms with Crippen molar-refractivity contribution in [2.45, 2.75) is 31.3 Å². The Hall–Kier alpha value is -1.72. The van der Waals surface area contributed by atoms with Crippen molar-refractivity contribution in [1.82, 2.24) is 0 Å². The molecule has 1 aromatic rings. The molecule has 0 spiro atoms. The number of hydrogen-bond donors (Lipinski definition) is 3. The first kappa shape index (κ1) is 14.3. The second kappa shape index (κ2) is 6.88. The smallest absolute Gasteiger partial charge is 0.320 e. The van der Waals surface area contributed by atoms with E-state index in [1.807, 2.05) is 6.07 Å². The number of hydrogen-bond acceptors (Lipinski definition) is 4. The molecule has 0 unspecified atom stereocenters. The van der Waals surface area contributed by atoms with Gasteiger partial charge >= 0.3 is 5.97 Å². The van der Waals surface area contributed by atoms with E-state index >= 15 is 0 Å². The largest absolute Gasteiger partial charge is 0.480 e. The minimum Gasteiger partial charge on any atom is -0.480 e. The Bertz CT molecular complexity index is 406. The molecule has 1 rings (SSSR count). The highest BCUT2D eigenvalue weighted by molar-refractivity contribution is 5.99. The first-order chi connectivity index (χ1) is 8.52. The van der Waals surface area contributed by atoms with E-state index in [0.29, 0.717) is 24.8 Å². The highest BCUT2D eigenvalue weighted by Crippen LogP contribution is 2.08. The van der Waals surface area contributed by atoms with Gasteiger partial charge in [0.15, 0.2) is 5.78 Å². The zero-order chi connectivity index (χ0) is 13.5. The molecule has 0 radical (unpaired) electrons. The molecular weight excluding hydrogens is 232 g/mol. The molecule has 2 atom stereocenters. The summed E-state index contributed by atoms with van der Waals surface area (Å²) in [6.45, 7) is 0. The number of aliphatic carboxylic acids is 1. The summed E-state index contributed by atoms with van der Waals surface area (Å²) in [5, 5.41) is 8.61. The van der Waals surface area contributed by atoms with Crippen molar-refractivity contribution in [2.75, 3.05) is 0 Å². The zero-order valence-electron chi connectivity index (χ0n) is 10.1. The number of carboxylic acids is 1. The molecule has 0 saturated carbocycles. The average Bonchev–Trinajstić information content (AvgIpc) is 2.38. The Morgan fingerprint density at radius 1 is 1.06 bits per heavy atom. The number of carbonyl (C=O) groups is 2. The lowest BCUT2D eigenvalue weighted by Gasteiger charge is -2.11. The Morgan fingerprint density at radius 3 is 2.17 bits per heavy atom. The third kappa shape index (κ3) is 4.27. The van der Waals surface area contributed by atoms with Crippen LogP contribution in [0.2, 0.25) is 0 Å². The van der Waals surface area contributed by atoms with Crippen LogP contribution in [0.25, 0.3) is 0 Å². The van der Waals surface area contributed by atoms with Crippen LogP contribution in [0.4, 0.5) is 0 Å². The molecule has 0 aliphatic heterocycles. The van der Waals surface area contributed by atoms with Crippen molar-refractivity contribution in [1.29, 1.82) is 0 Å². The van der Waals surface area contributed by atoms with Crippen molar-refractivity contribution in [3.8, 4) is 0 Å². The summed E-state index contributed by atoms with van der Waals surface area (Å²) in [4.78, 5) is 22.4. The number of ketones is 1. The van der Waals surface area contributed by atoms with E-state index in [2.05, 4.69) is 0 Å². The number of benzene rings is 1. The number of carboxylic acid groups (broad SMARTS) is 1. The minimum absolute atomic E-state index is 0.125. The van der Waals surface area contributed by atoms with Crippen LogP contribution in [0.15, 0.2) is 30.3 Å². The molecule has 0 amide bonds. The van der Waals surface area contributed by atoms with E-state index in [-0.39, 0.29) is 5.78 Å². The standard InChI is InChI=1S/C13H18N2O3/c14-10(7-4-8-11(15)13(17)18)12(16)9-5-2-1-3-6-9/h1-3,5-6,10-11H,4,7-8,14-15H2,(H,17,18)/t10-,11+/m0/s1. The van der Waals surface area contributed by atoms with Gasteiger partial charge in [-0.2, -0.15) is 0 Å². The molecule has 0 fully saturated rings. The fourth-order valence-corrected chi connectivity index (χ4v) is 1.63. The molecule has 98 valence electrons. The van der Waals surface area contributed by atoms with Gasteiger partial charge in [-0.05, 0) is 19.3 Å². The number of rotatable bonds is 7. The van der Waals surface area contributed by atoms with Gasteiger partial charge in [0, 0.05) is 5.56 Å². The topological polar surface area (TPSA) is 106 Å². The number of carbonyl (C=O) groups excluding carboxylic acids is 1. The summed E-state index contributed by atoms with van der Waals surface area (Å²) < 4.78 is 0. The van der Waals surface area contributed by atoms with Crippen LogP contribution in [0, 0.1) is 0 Å². The van der Waals surface area contributed by atoms with Crippen molar-refractivity contribution in [3.05, 3.63) is 35.9 Å². The Balaban J connectivity index is 2.40. The lowest BCUT2D eigenvalue weighted by Crippen LogP contribution is -2.33. The molecular formula is C13H18N2O3. The van der Waals surface area contributed by atoms with Gasteiger partial charge in [-0.15, -0.1) is 0 Å². The highest BCUT2D eigenvalue weighted by atomic mass is 16.4. The molecule has 0 aliphatic rings. The third-order valence-electron chi connectivity index (χ3n) is 2.74. The Morgan fingerprint density at radius 2 is 1.61 bits per heavy atom. The predicted molar refractivity (Wildman–Crippen MR) is 68.2 cm³/mol. The van der Waals surface area contributed by atoms with Crippen LogP contribution in [-0.4, -0.2) is 28.9 Å². The van der Waals surface area contributed by atoms with E-state index in [1.165, 1.54) is 0 Å². The van der Waals surface area contributed by atoms with Crippen molar-refractivity contribution in [2.24, 2.45) is 11.5 Å².